The number of nitrogens with one attached hydrogen (secondary N) is 1. The third-order valence-corrected chi connectivity index (χ3v) is 4.14. The Hall–Kier alpha value is -0.880. The van der Waals surface area contributed by atoms with Crippen molar-refractivity contribution in [3.63, 3.8) is 0 Å². The summed E-state index contributed by atoms with van der Waals surface area (Å²) in [6.45, 7) is 5.50. The summed E-state index contributed by atoms with van der Waals surface area (Å²) >= 11 is 0. The van der Waals surface area contributed by atoms with Crippen LogP contribution in [0.2, 0.25) is 0 Å². The third kappa shape index (κ3) is 2.57. The van der Waals surface area contributed by atoms with E-state index in [0.29, 0.717) is 5.69 Å². The lowest BCUT2D eigenvalue weighted by atomic mass is 10.3. The second-order valence-electron chi connectivity index (χ2n) is 3.65. The Morgan fingerprint density at radius 2 is 2.20 bits per heavy atom. The molecule has 0 saturated carbocycles. The van der Waals surface area contributed by atoms with E-state index in [4.69, 9.17) is 0 Å². The number of hydrogen-bond acceptors (Lipinski definition) is 3. The zero-order chi connectivity index (χ0) is 11.6. The molecule has 6 heteroatoms. The minimum absolute atomic E-state index is 0.0605. The Morgan fingerprint density at radius 3 is 2.60 bits per heavy atom. The number of aromatic nitrogens is 2. The molecule has 1 N–H and O–H groups in total. The van der Waals surface area contributed by atoms with Gasteiger partial charge in [0.05, 0.1) is 11.9 Å². The molecule has 0 saturated heterocycles. The molecule has 1 aromatic heterocycles. The summed E-state index contributed by atoms with van der Waals surface area (Å²) < 4.78 is 27.9. The van der Waals surface area contributed by atoms with Crippen LogP contribution >= 0.6 is 0 Å². The highest BCUT2D eigenvalue weighted by Crippen LogP contribution is 2.13. The van der Waals surface area contributed by atoms with E-state index < -0.39 is 10.0 Å². The van der Waals surface area contributed by atoms with E-state index in [2.05, 4.69) is 9.82 Å². The van der Waals surface area contributed by atoms with Crippen LogP contribution in [-0.2, 0) is 17.1 Å². The maximum atomic E-state index is 11.9. The first kappa shape index (κ1) is 12.2. The van der Waals surface area contributed by atoms with Gasteiger partial charge < -0.3 is 0 Å². The zero-order valence-electron chi connectivity index (χ0n) is 9.48. The molecule has 0 bridgehead atoms. The minimum Gasteiger partial charge on any atom is -0.272 e. The molecule has 0 aromatic carbocycles. The van der Waals surface area contributed by atoms with E-state index in [1.807, 2.05) is 13.8 Å². The number of aryl methyl sites for hydroxylation is 1. The molecule has 0 aliphatic heterocycles. The largest absolute Gasteiger partial charge is 0.272 e. The normalized spacial score (nSPS) is 14.1. The van der Waals surface area contributed by atoms with Crippen LogP contribution in [0.4, 0.5) is 0 Å². The molecule has 0 radical (unpaired) electrons. The fourth-order valence-corrected chi connectivity index (χ4v) is 2.68. The Bertz CT molecular complexity index is 436. The zero-order valence-corrected chi connectivity index (χ0v) is 10.3. The van der Waals surface area contributed by atoms with Crippen LogP contribution in [0, 0.1) is 6.92 Å². The van der Waals surface area contributed by atoms with Gasteiger partial charge in [0.25, 0.3) is 0 Å². The van der Waals surface area contributed by atoms with Gasteiger partial charge in [0.2, 0.25) is 10.0 Å². The van der Waals surface area contributed by atoms with Crippen LogP contribution in [0.3, 0.4) is 0 Å². The molecule has 1 rings (SSSR count). The van der Waals surface area contributed by atoms with Crippen LogP contribution < -0.4 is 4.72 Å². The molecule has 0 fully saturated rings. The molecule has 1 aromatic rings. The molecule has 1 heterocycles. The average molecular weight is 231 g/mol. The first-order chi connectivity index (χ1) is 6.88. The van der Waals surface area contributed by atoms with Crippen molar-refractivity contribution in [2.24, 2.45) is 7.05 Å². The number of rotatable bonds is 4. The van der Waals surface area contributed by atoms with Gasteiger partial charge in [-0.05, 0) is 20.3 Å². The maximum absolute atomic E-state index is 11.9. The summed E-state index contributed by atoms with van der Waals surface area (Å²) in [7, 11) is -1.69. The second-order valence-corrected chi connectivity index (χ2v) is 5.33. The Balaban J connectivity index is 3.02. The van der Waals surface area contributed by atoms with Gasteiger partial charge in [0, 0.05) is 13.1 Å². The van der Waals surface area contributed by atoms with Gasteiger partial charge in [-0.3, -0.25) is 4.68 Å². The van der Waals surface area contributed by atoms with Gasteiger partial charge in [-0.2, -0.15) is 5.10 Å². The van der Waals surface area contributed by atoms with E-state index >= 15 is 0 Å². The molecule has 86 valence electrons. The third-order valence-electron chi connectivity index (χ3n) is 2.45. The van der Waals surface area contributed by atoms with Gasteiger partial charge in [0.15, 0.2) is 0 Å². The fraction of sp³-hybridized carbons (Fsp3) is 0.667. The predicted octanol–water partition coefficient (Wildman–Crippen LogP) is 0.805. The summed E-state index contributed by atoms with van der Waals surface area (Å²) in [5.74, 6) is 0. The lowest BCUT2D eigenvalue weighted by Gasteiger charge is -2.11. The maximum Gasteiger partial charge on any atom is 0.244 e. The minimum atomic E-state index is -3.41. The van der Waals surface area contributed by atoms with Crippen LogP contribution in [0.15, 0.2) is 11.1 Å². The highest BCUT2D eigenvalue weighted by atomic mass is 32.2. The molecule has 0 aliphatic rings. The van der Waals surface area contributed by atoms with E-state index in [1.54, 1.807) is 18.7 Å². The topological polar surface area (TPSA) is 64.0 Å². The summed E-state index contributed by atoms with van der Waals surface area (Å²) in [5, 5.41) is 3.91. The lowest BCUT2D eigenvalue weighted by molar-refractivity contribution is 0.555. The van der Waals surface area contributed by atoms with Crippen molar-refractivity contribution in [2.45, 2.75) is 38.1 Å². The van der Waals surface area contributed by atoms with Crippen LogP contribution in [0.1, 0.15) is 26.0 Å². The molecule has 1 unspecified atom stereocenters. The molecule has 5 nitrogen and oxygen atoms in total. The van der Waals surface area contributed by atoms with Crippen molar-refractivity contribution in [1.29, 1.82) is 0 Å². The smallest absolute Gasteiger partial charge is 0.244 e. The van der Waals surface area contributed by atoms with Gasteiger partial charge in [-0.25, -0.2) is 13.1 Å². The van der Waals surface area contributed by atoms with Crippen LogP contribution in [-0.4, -0.2) is 24.2 Å². The summed E-state index contributed by atoms with van der Waals surface area (Å²) in [4.78, 5) is 0.255. The SMILES string of the molecule is CCC(C)NS(=O)(=O)c1cnn(C)c1C. The molecular weight excluding hydrogens is 214 g/mol. The van der Waals surface area contributed by atoms with Crippen molar-refractivity contribution >= 4 is 10.0 Å². The highest BCUT2D eigenvalue weighted by Gasteiger charge is 2.21. The monoisotopic (exact) mass is 231 g/mol. The summed E-state index contributed by atoms with van der Waals surface area (Å²) in [5.41, 5.74) is 0.644. The van der Waals surface area contributed by atoms with Crippen molar-refractivity contribution in [1.82, 2.24) is 14.5 Å². The Kier molecular flexibility index (Phi) is 3.51. The lowest BCUT2D eigenvalue weighted by Crippen LogP contribution is -2.32. The van der Waals surface area contributed by atoms with Crippen molar-refractivity contribution in [3.05, 3.63) is 11.9 Å². The molecule has 15 heavy (non-hydrogen) atoms. The van der Waals surface area contributed by atoms with Gasteiger partial charge in [0.1, 0.15) is 4.90 Å². The van der Waals surface area contributed by atoms with E-state index in [1.165, 1.54) is 6.20 Å². The van der Waals surface area contributed by atoms with Gasteiger partial charge >= 0.3 is 0 Å². The standard InChI is InChI=1S/C9H17N3O2S/c1-5-7(2)11-15(13,14)9-6-10-12(4)8(9)3/h6-7,11H,5H2,1-4H3. The fourth-order valence-electron chi connectivity index (χ4n) is 1.15. The quantitative estimate of drug-likeness (QED) is 0.834. The molecule has 0 aliphatic carbocycles. The first-order valence-electron chi connectivity index (χ1n) is 4.89. The van der Waals surface area contributed by atoms with Crippen LogP contribution in [0.25, 0.3) is 0 Å². The summed E-state index contributed by atoms with van der Waals surface area (Å²) in [6.07, 6.45) is 2.14. The molecule has 1 atom stereocenters. The van der Waals surface area contributed by atoms with E-state index in [0.717, 1.165) is 6.42 Å². The van der Waals surface area contributed by atoms with Crippen LogP contribution in [0.5, 0.6) is 0 Å². The van der Waals surface area contributed by atoms with Crippen molar-refractivity contribution in [3.8, 4) is 0 Å². The average Bonchev–Trinajstić information content (AvgIpc) is 2.47. The Morgan fingerprint density at radius 1 is 1.60 bits per heavy atom. The number of nitrogens with zero attached hydrogens (tertiary/aromatic N) is 2. The van der Waals surface area contributed by atoms with Gasteiger partial charge in [-0.1, -0.05) is 6.92 Å². The second kappa shape index (κ2) is 4.32. The number of hydrogen-bond donors (Lipinski definition) is 1. The molecule has 0 spiro atoms. The predicted molar refractivity (Wildman–Crippen MR) is 58.0 cm³/mol. The molecule has 0 amide bonds. The van der Waals surface area contributed by atoms with Gasteiger partial charge in [-0.15, -0.1) is 0 Å². The first-order valence-corrected chi connectivity index (χ1v) is 6.37. The summed E-state index contributed by atoms with van der Waals surface area (Å²) in [6, 6.07) is -0.0605. The van der Waals surface area contributed by atoms with Crippen molar-refractivity contribution in [2.75, 3.05) is 0 Å². The van der Waals surface area contributed by atoms with E-state index in [9.17, 15) is 8.42 Å². The van der Waals surface area contributed by atoms with Crippen molar-refractivity contribution < 1.29 is 8.42 Å². The van der Waals surface area contributed by atoms with E-state index in [-0.39, 0.29) is 10.9 Å². The number of sulfonamides is 1. The highest BCUT2D eigenvalue weighted by molar-refractivity contribution is 7.89. The molecular formula is C9H17N3O2S. The Labute approximate surface area is 90.5 Å².